The highest BCUT2D eigenvalue weighted by Gasteiger charge is 2.74. The van der Waals surface area contributed by atoms with E-state index in [1.807, 2.05) is 13.8 Å². The van der Waals surface area contributed by atoms with Crippen LogP contribution in [-0.4, -0.2) is 45.8 Å². The molecule has 4 nitrogen and oxygen atoms in total. The molecule has 3 saturated heterocycles. The molecule has 0 amide bonds. The topological polar surface area (TPSA) is 58.9 Å². The van der Waals surface area contributed by atoms with E-state index in [1.54, 1.807) is 0 Å². The maximum absolute atomic E-state index is 9.89. The normalized spacial score (nSPS) is 69.2. The van der Waals surface area contributed by atoms with Gasteiger partial charge >= 0.3 is 0 Å². The first-order valence-electron chi connectivity index (χ1n) is 4.69. The van der Waals surface area contributed by atoms with E-state index in [0.717, 1.165) is 0 Å². The number of hydrogen-bond donors (Lipinski definition) is 2. The summed E-state index contributed by atoms with van der Waals surface area (Å²) in [7, 11) is 0. The van der Waals surface area contributed by atoms with Gasteiger partial charge in [0.2, 0.25) is 0 Å². The van der Waals surface area contributed by atoms with Crippen molar-refractivity contribution in [1.29, 1.82) is 0 Å². The van der Waals surface area contributed by atoms with Gasteiger partial charge in [-0.25, -0.2) is 0 Å². The highest BCUT2D eigenvalue weighted by atomic mass is 16.7. The van der Waals surface area contributed by atoms with E-state index in [4.69, 9.17) is 9.47 Å². The molecule has 0 saturated carbocycles. The molecule has 6 atom stereocenters. The zero-order chi connectivity index (χ0) is 9.43. The van der Waals surface area contributed by atoms with Gasteiger partial charge in [-0.3, -0.25) is 0 Å². The maximum Gasteiger partial charge on any atom is 0.124 e. The van der Waals surface area contributed by atoms with Crippen LogP contribution < -0.4 is 0 Å². The van der Waals surface area contributed by atoms with E-state index >= 15 is 0 Å². The Kier molecular flexibility index (Phi) is 1.21. The molecule has 2 N–H and O–H groups in total. The predicted molar refractivity (Wildman–Crippen MR) is 43.2 cm³/mol. The molecule has 4 heteroatoms. The Morgan fingerprint density at radius 3 is 2.62 bits per heavy atom. The third-order valence-corrected chi connectivity index (χ3v) is 3.75. The molecular formula is C9H14O4. The lowest BCUT2D eigenvalue weighted by atomic mass is 9.83. The monoisotopic (exact) mass is 186 g/mol. The highest BCUT2D eigenvalue weighted by molar-refractivity contribution is 5.22. The summed E-state index contributed by atoms with van der Waals surface area (Å²) in [6.45, 7) is 3.74. The Morgan fingerprint density at radius 2 is 1.92 bits per heavy atom. The average molecular weight is 186 g/mol. The standard InChI is InChI=1S/C9H14O4/c1-8-3-4(10)6-9(2,13-8)7(12-6)5(8)11/h4-7,10-11H,3H2,1-2H3/t4-,5+,6-,7+,8-,9+/m0/s1. The lowest BCUT2D eigenvalue weighted by Gasteiger charge is -2.52. The van der Waals surface area contributed by atoms with Crippen LogP contribution in [0.25, 0.3) is 0 Å². The summed E-state index contributed by atoms with van der Waals surface area (Å²) in [6, 6.07) is 0. The molecule has 0 aromatic heterocycles. The number of rotatable bonds is 0. The minimum Gasteiger partial charge on any atom is -0.390 e. The molecule has 0 aliphatic carbocycles. The van der Waals surface area contributed by atoms with Gasteiger partial charge in [0.1, 0.15) is 23.9 Å². The number of fused-ring (bicyclic) bond motifs is 1. The molecule has 0 radical (unpaired) electrons. The van der Waals surface area contributed by atoms with Crippen molar-refractivity contribution in [3.8, 4) is 0 Å². The molecule has 0 spiro atoms. The first-order valence-corrected chi connectivity index (χ1v) is 4.69. The molecular weight excluding hydrogens is 172 g/mol. The minimum atomic E-state index is -0.619. The van der Waals surface area contributed by atoms with E-state index in [2.05, 4.69) is 0 Å². The molecule has 0 aromatic rings. The number of hydrogen-bond acceptors (Lipinski definition) is 4. The summed E-state index contributed by atoms with van der Waals surface area (Å²) >= 11 is 0. The Labute approximate surface area is 76.5 Å². The zero-order valence-corrected chi connectivity index (χ0v) is 7.73. The fourth-order valence-corrected chi connectivity index (χ4v) is 3.06. The predicted octanol–water partition coefficient (Wildman–Crippen LogP) is -0.573. The first-order chi connectivity index (χ1) is 5.97. The van der Waals surface area contributed by atoms with E-state index in [1.165, 1.54) is 0 Å². The van der Waals surface area contributed by atoms with Crippen LogP contribution in [0.3, 0.4) is 0 Å². The van der Waals surface area contributed by atoms with E-state index < -0.39 is 23.4 Å². The third kappa shape index (κ3) is 0.687. The molecule has 3 fully saturated rings. The molecule has 74 valence electrons. The summed E-state index contributed by atoms with van der Waals surface area (Å²) in [4.78, 5) is 0. The van der Waals surface area contributed by atoms with Crippen molar-refractivity contribution in [2.24, 2.45) is 0 Å². The second kappa shape index (κ2) is 1.93. The van der Waals surface area contributed by atoms with Gasteiger partial charge < -0.3 is 19.7 Å². The van der Waals surface area contributed by atoms with Crippen LogP contribution in [-0.2, 0) is 9.47 Å². The molecule has 3 rings (SSSR count). The van der Waals surface area contributed by atoms with Crippen molar-refractivity contribution >= 4 is 0 Å². The average Bonchev–Trinajstić information content (AvgIpc) is 2.11. The van der Waals surface area contributed by atoms with Gasteiger partial charge in [-0.15, -0.1) is 0 Å². The van der Waals surface area contributed by atoms with E-state index in [-0.39, 0.29) is 12.2 Å². The minimum absolute atomic E-state index is 0.247. The van der Waals surface area contributed by atoms with Gasteiger partial charge in [0.25, 0.3) is 0 Å². The fourth-order valence-electron chi connectivity index (χ4n) is 3.06. The van der Waals surface area contributed by atoms with Gasteiger partial charge in [-0.2, -0.15) is 0 Å². The summed E-state index contributed by atoms with van der Waals surface area (Å²) in [6.07, 6.45) is -1.14. The van der Waals surface area contributed by atoms with Crippen molar-refractivity contribution in [1.82, 2.24) is 0 Å². The smallest absolute Gasteiger partial charge is 0.124 e. The second-order valence-corrected chi connectivity index (χ2v) is 4.79. The second-order valence-electron chi connectivity index (χ2n) is 4.79. The van der Waals surface area contributed by atoms with E-state index in [9.17, 15) is 10.2 Å². The number of aliphatic hydroxyl groups is 2. The molecule has 3 aliphatic rings. The Balaban J connectivity index is 2.06. The lowest BCUT2D eigenvalue weighted by Crippen LogP contribution is -2.68. The third-order valence-electron chi connectivity index (χ3n) is 3.75. The van der Waals surface area contributed by atoms with Crippen molar-refractivity contribution in [2.45, 2.75) is 55.9 Å². The van der Waals surface area contributed by atoms with Crippen LogP contribution in [0.5, 0.6) is 0 Å². The van der Waals surface area contributed by atoms with Crippen LogP contribution in [0.2, 0.25) is 0 Å². The van der Waals surface area contributed by atoms with Crippen molar-refractivity contribution < 1.29 is 19.7 Å². The fraction of sp³-hybridized carbons (Fsp3) is 1.00. The quantitative estimate of drug-likeness (QED) is 0.531. The molecule has 2 bridgehead atoms. The van der Waals surface area contributed by atoms with Gasteiger partial charge in [0.05, 0.1) is 11.7 Å². The van der Waals surface area contributed by atoms with Gasteiger partial charge in [0.15, 0.2) is 0 Å². The molecule has 0 aromatic carbocycles. The highest BCUT2D eigenvalue weighted by Crippen LogP contribution is 2.56. The van der Waals surface area contributed by atoms with Crippen molar-refractivity contribution in [3.05, 3.63) is 0 Å². The summed E-state index contributed by atoms with van der Waals surface area (Å²) in [5.74, 6) is 0. The Hall–Kier alpha value is -0.160. The Bertz CT molecular complexity index is 260. The van der Waals surface area contributed by atoms with Crippen LogP contribution in [0.4, 0.5) is 0 Å². The molecule has 3 aliphatic heterocycles. The summed E-state index contributed by atoms with van der Waals surface area (Å²) in [5, 5.41) is 19.6. The van der Waals surface area contributed by atoms with Crippen LogP contribution >= 0.6 is 0 Å². The summed E-state index contributed by atoms with van der Waals surface area (Å²) < 4.78 is 11.2. The van der Waals surface area contributed by atoms with Gasteiger partial charge in [0, 0.05) is 6.42 Å². The Morgan fingerprint density at radius 1 is 1.23 bits per heavy atom. The molecule has 3 heterocycles. The first kappa shape index (κ1) is 8.17. The van der Waals surface area contributed by atoms with Crippen LogP contribution in [0.1, 0.15) is 20.3 Å². The molecule has 0 unspecified atom stereocenters. The van der Waals surface area contributed by atoms with Gasteiger partial charge in [-0.1, -0.05) is 0 Å². The lowest BCUT2D eigenvalue weighted by molar-refractivity contribution is -0.324. The maximum atomic E-state index is 9.89. The van der Waals surface area contributed by atoms with Crippen LogP contribution in [0.15, 0.2) is 0 Å². The molecule has 13 heavy (non-hydrogen) atoms. The van der Waals surface area contributed by atoms with Gasteiger partial charge in [-0.05, 0) is 13.8 Å². The summed E-state index contributed by atoms with van der Waals surface area (Å²) in [5.41, 5.74) is -1.09. The van der Waals surface area contributed by atoms with Crippen LogP contribution in [0, 0.1) is 0 Å². The zero-order valence-electron chi connectivity index (χ0n) is 7.73. The number of ether oxygens (including phenoxy) is 2. The van der Waals surface area contributed by atoms with E-state index in [0.29, 0.717) is 6.42 Å². The van der Waals surface area contributed by atoms with Crippen molar-refractivity contribution in [3.63, 3.8) is 0 Å². The van der Waals surface area contributed by atoms with Crippen molar-refractivity contribution in [2.75, 3.05) is 0 Å². The SMILES string of the molecule is C[C@@]12O[C@@]3(C)C[C@H](O)[C@@H]1O[C@@H]2[C@H]3O. The number of aliphatic hydroxyl groups excluding tert-OH is 2. The largest absolute Gasteiger partial charge is 0.390 e.